The number of carbonyl (C=O) groups excluding carboxylic acids is 2. The molecule has 1 aromatic rings. The molecule has 0 bridgehead atoms. The summed E-state index contributed by atoms with van der Waals surface area (Å²) in [4.78, 5) is 23.5. The van der Waals surface area contributed by atoms with E-state index in [2.05, 4.69) is 10.6 Å². The van der Waals surface area contributed by atoms with Gasteiger partial charge in [0.25, 0.3) is 0 Å². The van der Waals surface area contributed by atoms with Gasteiger partial charge in [-0.3, -0.25) is 9.59 Å². The SMILES string of the molecule is O=C(Nc1cc(Cl)c(Cl)c(Cl)c1)C(=O)NC1CCCC1. The highest BCUT2D eigenvalue weighted by molar-refractivity contribution is 6.48. The zero-order chi connectivity index (χ0) is 14.7. The molecule has 1 aromatic carbocycles. The van der Waals surface area contributed by atoms with Gasteiger partial charge >= 0.3 is 11.8 Å². The van der Waals surface area contributed by atoms with E-state index in [0.717, 1.165) is 25.7 Å². The van der Waals surface area contributed by atoms with Gasteiger partial charge in [-0.05, 0) is 25.0 Å². The summed E-state index contributed by atoms with van der Waals surface area (Å²) in [6.07, 6.45) is 3.99. The molecule has 1 aliphatic rings. The van der Waals surface area contributed by atoms with Gasteiger partial charge in [-0.2, -0.15) is 0 Å². The molecule has 0 aliphatic heterocycles. The Kier molecular flexibility index (Phi) is 5.13. The molecule has 2 rings (SSSR count). The number of amides is 2. The summed E-state index contributed by atoms with van der Waals surface area (Å²) < 4.78 is 0. The minimum absolute atomic E-state index is 0.0886. The maximum absolute atomic E-state index is 11.8. The Balaban J connectivity index is 1.98. The number of rotatable bonds is 2. The zero-order valence-corrected chi connectivity index (χ0v) is 12.8. The molecule has 108 valence electrons. The van der Waals surface area contributed by atoms with Crippen molar-refractivity contribution in [3.8, 4) is 0 Å². The second-order valence-electron chi connectivity index (χ2n) is 4.66. The first kappa shape index (κ1) is 15.4. The molecule has 1 saturated carbocycles. The molecule has 4 nitrogen and oxygen atoms in total. The highest BCUT2D eigenvalue weighted by Gasteiger charge is 2.21. The summed E-state index contributed by atoms with van der Waals surface area (Å²) in [5.41, 5.74) is 0.330. The Morgan fingerprint density at radius 1 is 1.00 bits per heavy atom. The van der Waals surface area contributed by atoms with Gasteiger partial charge in [0.05, 0.1) is 15.1 Å². The van der Waals surface area contributed by atoms with E-state index in [1.807, 2.05) is 0 Å². The number of nitrogens with one attached hydrogen (secondary N) is 2. The summed E-state index contributed by atoms with van der Waals surface area (Å²) >= 11 is 17.5. The van der Waals surface area contributed by atoms with Crippen LogP contribution in [0, 0.1) is 0 Å². The Morgan fingerprint density at radius 2 is 1.55 bits per heavy atom. The van der Waals surface area contributed by atoms with Gasteiger partial charge in [0.1, 0.15) is 0 Å². The molecular formula is C13H13Cl3N2O2. The van der Waals surface area contributed by atoms with Crippen LogP contribution in [0.1, 0.15) is 25.7 Å². The predicted octanol–water partition coefficient (Wildman–Crippen LogP) is 3.64. The summed E-state index contributed by atoms with van der Waals surface area (Å²) in [6.45, 7) is 0. The zero-order valence-electron chi connectivity index (χ0n) is 10.5. The van der Waals surface area contributed by atoms with Crippen molar-refractivity contribution >= 4 is 52.3 Å². The molecule has 0 radical (unpaired) electrons. The second-order valence-corrected chi connectivity index (χ2v) is 5.86. The molecule has 0 atom stereocenters. The third kappa shape index (κ3) is 3.78. The van der Waals surface area contributed by atoms with Crippen LogP contribution in [0.5, 0.6) is 0 Å². The van der Waals surface area contributed by atoms with Crippen molar-refractivity contribution < 1.29 is 9.59 Å². The number of anilines is 1. The van der Waals surface area contributed by atoms with E-state index in [0.29, 0.717) is 5.69 Å². The first-order valence-corrected chi connectivity index (χ1v) is 7.37. The molecule has 0 unspecified atom stereocenters. The topological polar surface area (TPSA) is 58.2 Å². The van der Waals surface area contributed by atoms with Gasteiger partial charge in [-0.15, -0.1) is 0 Å². The van der Waals surface area contributed by atoms with Crippen molar-refractivity contribution in [2.45, 2.75) is 31.7 Å². The lowest BCUT2D eigenvalue weighted by Crippen LogP contribution is -2.40. The largest absolute Gasteiger partial charge is 0.345 e. The van der Waals surface area contributed by atoms with E-state index in [1.54, 1.807) is 0 Å². The fraction of sp³-hybridized carbons (Fsp3) is 0.385. The molecule has 2 N–H and O–H groups in total. The van der Waals surface area contributed by atoms with Gasteiger partial charge in [0.2, 0.25) is 0 Å². The van der Waals surface area contributed by atoms with Crippen molar-refractivity contribution in [3.05, 3.63) is 27.2 Å². The highest BCUT2D eigenvalue weighted by atomic mass is 35.5. The smallest absolute Gasteiger partial charge is 0.313 e. The number of hydrogen-bond donors (Lipinski definition) is 2. The van der Waals surface area contributed by atoms with Crippen LogP contribution < -0.4 is 10.6 Å². The molecule has 7 heteroatoms. The van der Waals surface area contributed by atoms with E-state index >= 15 is 0 Å². The minimum atomic E-state index is -0.744. The fourth-order valence-corrected chi connectivity index (χ4v) is 2.73. The van der Waals surface area contributed by atoms with Crippen molar-refractivity contribution in [1.29, 1.82) is 0 Å². The predicted molar refractivity (Wildman–Crippen MR) is 80.5 cm³/mol. The summed E-state index contributed by atoms with van der Waals surface area (Å²) in [5, 5.41) is 5.78. The van der Waals surface area contributed by atoms with E-state index < -0.39 is 11.8 Å². The highest BCUT2D eigenvalue weighted by Crippen LogP contribution is 2.33. The molecule has 1 aliphatic carbocycles. The fourth-order valence-electron chi connectivity index (χ4n) is 2.14. The third-order valence-corrected chi connectivity index (χ3v) is 4.34. The average Bonchev–Trinajstić information content (AvgIpc) is 2.88. The third-order valence-electron chi connectivity index (χ3n) is 3.14. The monoisotopic (exact) mass is 334 g/mol. The van der Waals surface area contributed by atoms with Crippen LogP contribution >= 0.6 is 34.8 Å². The molecule has 0 saturated heterocycles. The standard InChI is InChI=1S/C13H13Cl3N2O2/c14-9-5-8(6-10(15)11(9)16)18-13(20)12(19)17-7-3-1-2-4-7/h5-7H,1-4H2,(H,17,19)(H,18,20). The molecule has 20 heavy (non-hydrogen) atoms. The quantitative estimate of drug-likeness (QED) is 0.640. The van der Waals surface area contributed by atoms with Crippen LogP contribution in [-0.4, -0.2) is 17.9 Å². The van der Waals surface area contributed by atoms with E-state index in [-0.39, 0.29) is 21.1 Å². The van der Waals surface area contributed by atoms with Gasteiger partial charge in [-0.25, -0.2) is 0 Å². The van der Waals surface area contributed by atoms with Crippen LogP contribution in [0.3, 0.4) is 0 Å². The Hall–Kier alpha value is -0.970. The van der Waals surface area contributed by atoms with Crippen LogP contribution in [0.25, 0.3) is 0 Å². The van der Waals surface area contributed by atoms with Gasteiger partial charge < -0.3 is 10.6 Å². The van der Waals surface area contributed by atoms with Crippen molar-refractivity contribution in [3.63, 3.8) is 0 Å². The molecule has 2 amide bonds. The normalized spacial score (nSPS) is 15.2. The summed E-state index contributed by atoms with van der Waals surface area (Å²) in [5.74, 6) is -1.40. The van der Waals surface area contributed by atoms with Gasteiger partial charge in [0, 0.05) is 11.7 Å². The Labute approximate surface area is 131 Å². The molecule has 0 spiro atoms. The first-order chi connectivity index (χ1) is 9.47. The van der Waals surface area contributed by atoms with Crippen LogP contribution in [-0.2, 0) is 9.59 Å². The number of benzene rings is 1. The first-order valence-electron chi connectivity index (χ1n) is 6.24. The Morgan fingerprint density at radius 3 is 2.10 bits per heavy atom. The lowest BCUT2D eigenvalue weighted by atomic mass is 10.2. The minimum Gasteiger partial charge on any atom is -0.345 e. The van der Waals surface area contributed by atoms with Crippen molar-refractivity contribution in [1.82, 2.24) is 5.32 Å². The number of hydrogen-bond acceptors (Lipinski definition) is 2. The maximum Gasteiger partial charge on any atom is 0.313 e. The van der Waals surface area contributed by atoms with Gasteiger partial charge in [0.15, 0.2) is 0 Å². The average molecular weight is 336 g/mol. The van der Waals surface area contributed by atoms with Crippen molar-refractivity contribution in [2.24, 2.45) is 0 Å². The lowest BCUT2D eigenvalue weighted by molar-refractivity contribution is -0.136. The molecule has 0 heterocycles. The molecular weight excluding hydrogens is 323 g/mol. The lowest BCUT2D eigenvalue weighted by Gasteiger charge is -2.12. The summed E-state index contributed by atoms with van der Waals surface area (Å²) in [6, 6.07) is 2.97. The van der Waals surface area contributed by atoms with Gasteiger partial charge in [-0.1, -0.05) is 47.6 Å². The molecule has 1 fully saturated rings. The van der Waals surface area contributed by atoms with E-state index in [4.69, 9.17) is 34.8 Å². The van der Waals surface area contributed by atoms with E-state index in [9.17, 15) is 9.59 Å². The maximum atomic E-state index is 11.8. The molecule has 0 aromatic heterocycles. The number of halogens is 3. The number of carbonyl (C=O) groups is 2. The second kappa shape index (κ2) is 6.66. The summed E-state index contributed by atoms with van der Waals surface area (Å²) in [7, 11) is 0. The van der Waals surface area contributed by atoms with E-state index in [1.165, 1.54) is 12.1 Å². The Bertz CT molecular complexity index is 519. The van der Waals surface area contributed by atoms with Crippen LogP contribution in [0.15, 0.2) is 12.1 Å². The van der Waals surface area contributed by atoms with Crippen molar-refractivity contribution in [2.75, 3.05) is 5.32 Å². The van der Waals surface area contributed by atoms with Crippen LogP contribution in [0.4, 0.5) is 5.69 Å². The van der Waals surface area contributed by atoms with Crippen LogP contribution in [0.2, 0.25) is 15.1 Å².